The standard InChI is InChI=1S/C20H16Cl2F3NO7/c1-3-32-19(29)9(2)16(18(27)28)12-8-11(4-5-15(12)26(30)31)33-17-13(21)6-10(7-14(17)22)20(23,24)25/h4-9,16H,3H2,1-2H3,(H,27,28). The summed E-state index contributed by atoms with van der Waals surface area (Å²) in [5, 5.41) is 20.2. The Hall–Kier alpha value is -3.05. The second kappa shape index (κ2) is 10.3. The van der Waals surface area contributed by atoms with Gasteiger partial charge in [0.05, 0.1) is 33.1 Å². The molecule has 1 N–H and O–H groups in total. The molecule has 0 bridgehead atoms. The highest BCUT2D eigenvalue weighted by atomic mass is 35.5. The van der Waals surface area contributed by atoms with Crippen LogP contribution in [0.5, 0.6) is 11.5 Å². The molecule has 178 valence electrons. The monoisotopic (exact) mass is 509 g/mol. The number of hydrogen-bond acceptors (Lipinski definition) is 6. The molecule has 0 heterocycles. The van der Waals surface area contributed by atoms with E-state index >= 15 is 0 Å². The van der Waals surface area contributed by atoms with Crippen molar-refractivity contribution < 1.29 is 42.3 Å². The molecule has 0 spiro atoms. The second-order valence-corrected chi connectivity index (χ2v) is 7.52. The van der Waals surface area contributed by atoms with Gasteiger partial charge in [-0.1, -0.05) is 30.1 Å². The molecule has 0 aliphatic rings. The van der Waals surface area contributed by atoms with Crippen molar-refractivity contribution in [3.8, 4) is 11.5 Å². The molecule has 2 atom stereocenters. The lowest BCUT2D eigenvalue weighted by Crippen LogP contribution is -2.28. The molecule has 13 heteroatoms. The van der Waals surface area contributed by atoms with Crippen molar-refractivity contribution >= 4 is 40.8 Å². The van der Waals surface area contributed by atoms with Crippen molar-refractivity contribution in [2.45, 2.75) is 25.9 Å². The minimum Gasteiger partial charge on any atom is -0.481 e. The molecule has 0 fully saturated rings. The number of rotatable bonds is 8. The molecule has 0 radical (unpaired) electrons. The number of hydrogen-bond donors (Lipinski definition) is 1. The summed E-state index contributed by atoms with van der Waals surface area (Å²) in [6, 6.07) is 4.16. The highest BCUT2D eigenvalue weighted by Crippen LogP contribution is 2.43. The van der Waals surface area contributed by atoms with Crippen molar-refractivity contribution in [3.63, 3.8) is 0 Å². The summed E-state index contributed by atoms with van der Waals surface area (Å²) in [7, 11) is 0. The Labute approximate surface area is 195 Å². The normalized spacial score (nSPS) is 13.2. The van der Waals surface area contributed by atoms with Crippen LogP contribution in [0.1, 0.15) is 30.9 Å². The molecule has 0 aliphatic carbocycles. The topological polar surface area (TPSA) is 116 Å². The largest absolute Gasteiger partial charge is 0.481 e. The highest BCUT2D eigenvalue weighted by Gasteiger charge is 2.38. The summed E-state index contributed by atoms with van der Waals surface area (Å²) < 4.78 is 49.0. The van der Waals surface area contributed by atoms with Gasteiger partial charge in [-0.2, -0.15) is 13.2 Å². The first kappa shape index (κ1) is 26.2. The molecule has 0 aromatic heterocycles. The number of ether oxygens (including phenoxy) is 2. The van der Waals surface area contributed by atoms with E-state index in [1.54, 1.807) is 0 Å². The van der Waals surface area contributed by atoms with E-state index in [-0.39, 0.29) is 23.7 Å². The number of nitro benzene ring substituents is 1. The van der Waals surface area contributed by atoms with Gasteiger partial charge in [0.1, 0.15) is 11.7 Å². The number of alkyl halides is 3. The maximum atomic E-state index is 12.9. The number of halogens is 5. The summed E-state index contributed by atoms with van der Waals surface area (Å²) >= 11 is 11.8. The number of nitro groups is 1. The molecule has 8 nitrogen and oxygen atoms in total. The summed E-state index contributed by atoms with van der Waals surface area (Å²) in [5.41, 5.74) is -2.12. The summed E-state index contributed by atoms with van der Waals surface area (Å²) in [6.45, 7) is 2.71. The zero-order valence-corrected chi connectivity index (χ0v) is 18.5. The summed E-state index contributed by atoms with van der Waals surface area (Å²) in [4.78, 5) is 34.7. The predicted octanol–water partition coefficient (Wildman–Crippen LogP) is 6.08. The minimum absolute atomic E-state index is 0.0360. The van der Waals surface area contributed by atoms with Gasteiger partial charge in [-0.25, -0.2) is 0 Å². The second-order valence-electron chi connectivity index (χ2n) is 6.70. The Bertz CT molecular complexity index is 1070. The first-order chi connectivity index (χ1) is 15.3. The van der Waals surface area contributed by atoms with Gasteiger partial charge in [0.25, 0.3) is 5.69 Å². The predicted molar refractivity (Wildman–Crippen MR) is 111 cm³/mol. The van der Waals surface area contributed by atoms with Gasteiger partial charge in [-0.15, -0.1) is 0 Å². The van der Waals surface area contributed by atoms with Crippen molar-refractivity contribution in [3.05, 3.63) is 61.6 Å². The number of esters is 1. The zero-order valence-electron chi connectivity index (χ0n) is 17.0. The Morgan fingerprint density at radius 1 is 1.18 bits per heavy atom. The van der Waals surface area contributed by atoms with E-state index in [0.717, 1.165) is 18.2 Å². The maximum absolute atomic E-state index is 12.9. The van der Waals surface area contributed by atoms with Crippen LogP contribution in [0.3, 0.4) is 0 Å². The first-order valence-corrected chi connectivity index (χ1v) is 9.95. The van der Waals surface area contributed by atoms with Gasteiger partial charge in [0.15, 0.2) is 5.75 Å². The molecule has 0 aliphatic heterocycles. The van der Waals surface area contributed by atoms with Crippen LogP contribution in [0.15, 0.2) is 30.3 Å². The molecular weight excluding hydrogens is 494 g/mol. The van der Waals surface area contributed by atoms with Crippen LogP contribution in [0.2, 0.25) is 10.0 Å². The van der Waals surface area contributed by atoms with Crippen LogP contribution in [0.4, 0.5) is 18.9 Å². The van der Waals surface area contributed by atoms with Gasteiger partial charge < -0.3 is 14.6 Å². The molecule has 0 saturated heterocycles. The number of carbonyl (C=O) groups is 2. The fourth-order valence-electron chi connectivity index (χ4n) is 2.98. The molecule has 2 rings (SSSR count). The van der Waals surface area contributed by atoms with E-state index in [1.807, 2.05) is 0 Å². The Morgan fingerprint density at radius 2 is 1.76 bits per heavy atom. The van der Waals surface area contributed by atoms with Crippen molar-refractivity contribution in [2.24, 2.45) is 5.92 Å². The minimum atomic E-state index is -4.72. The van der Waals surface area contributed by atoms with Crippen LogP contribution in [0.25, 0.3) is 0 Å². The molecular formula is C20H16Cl2F3NO7. The number of carbonyl (C=O) groups excluding carboxylic acids is 1. The van der Waals surface area contributed by atoms with Gasteiger partial charge in [0.2, 0.25) is 0 Å². The Morgan fingerprint density at radius 3 is 2.21 bits per heavy atom. The van der Waals surface area contributed by atoms with Gasteiger partial charge in [-0.05, 0) is 31.2 Å². The summed E-state index contributed by atoms with van der Waals surface area (Å²) in [5.74, 6) is -6.01. The fraction of sp³-hybridized carbons (Fsp3) is 0.300. The lowest BCUT2D eigenvalue weighted by Gasteiger charge is -2.20. The van der Waals surface area contributed by atoms with E-state index in [0.29, 0.717) is 12.1 Å². The van der Waals surface area contributed by atoms with Crippen molar-refractivity contribution in [1.29, 1.82) is 0 Å². The van der Waals surface area contributed by atoms with Crippen molar-refractivity contribution in [2.75, 3.05) is 6.61 Å². The smallest absolute Gasteiger partial charge is 0.416 e. The average Bonchev–Trinajstić information content (AvgIpc) is 2.69. The third-order valence-electron chi connectivity index (χ3n) is 4.50. The average molecular weight is 510 g/mol. The van der Waals surface area contributed by atoms with Crippen LogP contribution in [-0.4, -0.2) is 28.6 Å². The van der Waals surface area contributed by atoms with E-state index in [2.05, 4.69) is 0 Å². The van der Waals surface area contributed by atoms with E-state index in [1.165, 1.54) is 13.8 Å². The number of nitrogens with zero attached hydrogens (tertiary/aromatic N) is 1. The number of carboxylic acids is 1. The molecule has 0 amide bonds. The Kier molecular flexibility index (Phi) is 8.15. The molecule has 2 aromatic carbocycles. The third kappa shape index (κ3) is 6.05. The van der Waals surface area contributed by atoms with Crippen LogP contribution < -0.4 is 4.74 Å². The van der Waals surface area contributed by atoms with E-state index in [9.17, 15) is 38.0 Å². The van der Waals surface area contributed by atoms with Crippen LogP contribution >= 0.6 is 23.2 Å². The molecule has 33 heavy (non-hydrogen) atoms. The number of aliphatic carboxylic acids is 1. The van der Waals surface area contributed by atoms with Crippen LogP contribution in [0, 0.1) is 16.0 Å². The quantitative estimate of drug-likeness (QED) is 0.260. The fourth-order valence-corrected chi connectivity index (χ4v) is 3.54. The molecule has 0 saturated carbocycles. The molecule has 2 aromatic rings. The molecule has 2 unspecified atom stereocenters. The van der Waals surface area contributed by atoms with Gasteiger partial charge >= 0.3 is 18.1 Å². The SMILES string of the molecule is CCOC(=O)C(C)C(C(=O)O)c1cc(Oc2c(Cl)cc(C(F)(F)F)cc2Cl)ccc1[N+](=O)[O-]. The van der Waals surface area contributed by atoms with Crippen LogP contribution in [-0.2, 0) is 20.5 Å². The number of carboxylic acid groups (broad SMARTS) is 1. The number of benzene rings is 2. The van der Waals surface area contributed by atoms with E-state index < -0.39 is 56.2 Å². The van der Waals surface area contributed by atoms with E-state index in [4.69, 9.17) is 32.7 Å². The Balaban J connectivity index is 2.57. The lowest BCUT2D eigenvalue weighted by atomic mass is 9.86. The highest BCUT2D eigenvalue weighted by molar-refractivity contribution is 6.37. The first-order valence-electron chi connectivity index (χ1n) is 9.19. The third-order valence-corrected chi connectivity index (χ3v) is 5.06. The van der Waals surface area contributed by atoms with Gasteiger partial charge in [-0.3, -0.25) is 19.7 Å². The lowest BCUT2D eigenvalue weighted by molar-refractivity contribution is -0.385. The van der Waals surface area contributed by atoms with Crippen molar-refractivity contribution in [1.82, 2.24) is 0 Å². The summed E-state index contributed by atoms with van der Waals surface area (Å²) in [6.07, 6.45) is -4.72. The van der Waals surface area contributed by atoms with Gasteiger partial charge in [0, 0.05) is 11.6 Å². The zero-order chi connectivity index (χ0) is 25.1. The maximum Gasteiger partial charge on any atom is 0.416 e.